The quantitative estimate of drug-likeness (QED) is 0.571. The molecular weight excluding hydrogens is 208 g/mol. The third-order valence-corrected chi connectivity index (χ3v) is 2.55. The van der Waals surface area contributed by atoms with Crippen LogP contribution in [0, 0.1) is 0 Å². The molecule has 5 heteroatoms. The molecule has 0 aliphatic rings. The van der Waals surface area contributed by atoms with Crippen molar-refractivity contribution in [2.45, 2.75) is 32.4 Å². The number of hydrogen-bond donors (Lipinski definition) is 2. The molecule has 1 amide bonds. The number of carbonyl (C=O) groups is 1. The van der Waals surface area contributed by atoms with E-state index in [1.165, 1.54) is 0 Å². The molecule has 0 bridgehead atoms. The molecule has 0 saturated heterocycles. The highest BCUT2D eigenvalue weighted by Crippen LogP contribution is 1.99. The third kappa shape index (κ3) is 6.76. The van der Waals surface area contributed by atoms with Crippen molar-refractivity contribution in [2.75, 3.05) is 33.9 Å². The molecule has 0 spiro atoms. The summed E-state index contributed by atoms with van der Waals surface area (Å²) in [5, 5.41) is 11.9. The Morgan fingerprint density at radius 2 is 2.12 bits per heavy atom. The van der Waals surface area contributed by atoms with Crippen LogP contribution >= 0.6 is 0 Å². The molecule has 5 nitrogen and oxygen atoms in total. The largest absolute Gasteiger partial charge is 0.393 e. The second-order valence-electron chi connectivity index (χ2n) is 4.08. The summed E-state index contributed by atoms with van der Waals surface area (Å²) in [6.07, 6.45) is 0.345. The van der Waals surface area contributed by atoms with Crippen LogP contribution in [0.25, 0.3) is 0 Å². The molecule has 0 saturated carbocycles. The first kappa shape index (κ1) is 15.3. The van der Waals surface area contributed by atoms with E-state index in [0.29, 0.717) is 26.1 Å². The number of methoxy groups -OCH3 is 1. The number of likely N-dealkylation sites (N-methyl/N-ethyl adjacent to an activating group) is 1. The van der Waals surface area contributed by atoms with Crippen molar-refractivity contribution in [3.8, 4) is 0 Å². The highest BCUT2D eigenvalue weighted by atomic mass is 16.5. The van der Waals surface area contributed by atoms with Crippen molar-refractivity contribution < 1.29 is 14.6 Å². The van der Waals surface area contributed by atoms with E-state index in [1.54, 1.807) is 14.0 Å². The lowest BCUT2D eigenvalue weighted by Gasteiger charge is -2.24. The molecule has 0 heterocycles. The zero-order valence-corrected chi connectivity index (χ0v) is 10.7. The Morgan fingerprint density at radius 1 is 1.50 bits per heavy atom. The van der Waals surface area contributed by atoms with Gasteiger partial charge in [0.1, 0.15) is 0 Å². The highest BCUT2D eigenvalue weighted by molar-refractivity contribution is 5.81. The first-order chi connectivity index (χ1) is 7.49. The summed E-state index contributed by atoms with van der Waals surface area (Å²) < 4.78 is 4.85. The lowest BCUT2D eigenvalue weighted by molar-refractivity contribution is -0.125. The second kappa shape index (κ2) is 8.50. The molecule has 96 valence electrons. The Balaban J connectivity index is 3.82. The fourth-order valence-electron chi connectivity index (χ4n) is 1.21. The van der Waals surface area contributed by atoms with Gasteiger partial charge in [0.2, 0.25) is 5.91 Å². The van der Waals surface area contributed by atoms with Gasteiger partial charge in [-0.25, -0.2) is 0 Å². The average Bonchev–Trinajstić information content (AvgIpc) is 2.24. The van der Waals surface area contributed by atoms with E-state index in [1.807, 2.05) is 18.9 Å². The molecule has 0 aromatic heterocycles. The Kier molecular flexibility index (Phi) is 8.15. The van der Waals surface area contributed by atoms with Crippen LogP contribution < -0.4 is 5.32 Å². The van der Waals surface area contributed by atoms with Crippen LogP contribution in [-0.2, 0) is 9.53 Å². The lowest BCUT2D eigenvalue weighted by Crippen LogP contribution is -2.44. The van der Waals surface area contributed by atoms with Gasteiger partial charge in [0.15, 0.2) is 0 Å². The Morgan fingerprint density at radius 3 is 2.62 bits per heavy atom. The minimum Gasteiger partial charge on any atom is -0.393 e. The van der Waals surface area contributed by atoms with Gasteiger partial charge in [0.25, 0.3) is 0 Å². The van der Waals surface area contributed by atoms with Crippen molar-refractivity contribution in [3.05, 3.63) is 0 Å². The van der Waals surface area contributed by atoms with Gasteiger partial charge in [-0.15, -0.1) is 0 Å². The number of amides is 1. The molecule has 0 rings (SSSR count). The average molecular weight is 232 g/mol. The van der Waals surface area contributed by atoms with Gasteiger partial charge in [-0.3, -0.25) is 9.69 Å². The van der Waals surface area contributed by atoms with Gasteiger partial charge in [-0.1, -0.05) is 0 Å². The molecule has 0 aliphatic heterocycles. The summed E-state index contributed by atoms with van der Waals surface area (Å²) in [5.74, 6) is -0.00913. The van der Waals surface area contributed by atoms with Crippen LogP contribution in [0.5, 0.6) is 0 Å². The third-order valence-electron chi connectivity index (χ3n) is 2.55. The van der Waals surface area contributed by atoms with Crippen LogP contribution in [0.2, 0.25) is 0 Å². The van der Waals surface area contributed by atoms with Gasteiger partial charge < -0.3 is 15.2 Å². The SMILES string of the molecule is COCCNC(=O)C(C)N(C)CCC(C)O. The van der Waals surface area contributed by atoms with Crippen LogP contribution in [-0.4, -0.2) is 61.9 Å². The van der Waals surface area contributed by atoms with Crippen LogP contribution in [0.1, 0.15) is 20.3 Å². The molecular formula is C11H24N2O3. The van der Waals surface area contributed by atoms with Crippen LogP contribution in [0.3, 0.4) is 0 Å². The molecule has 2 N–H and O–H groups in total. The number of rotatable bonds is 8. The number of aliphatic hydroxyl groups excluding tert-OH is 1. The van der Waals surface area contributed by atoms with E-state index in [2.05, 4.69) is 5.32 Å². The monoisotopic (exact) mass is 232 g/mol. The van der Waals surface area contributed by atoms with E-state index >= 15 is 0 Å². The van der Waals surface area contributed by atoms with Crippen molar-refractivity contribution in [2.24, 2.45) is 0 Å². The van der Waals surface area contributed by atoms with Crippen molar-refractivity contribution >= 4 is 5.91 Å². The zero-order valence-electron chi connectivity index (χ0n) is 10.7. The number of aliphatic hydroxyl groups is 1. The maximum atomic E-state index is 11.6. The smallest absolute Gasteiger partial charge is 0.237 e. The summed E-state index contributed by atoms with van der Waals surface area (Å²) in [4.78, 5) is 13.6. The van der Waals surface area contributed by atoms with E-state index in [-0.39, 0.29) is 18.1 Å². The number of hydrogen-bond acceptors (Lipinski definition) is 4. The summed E-state index contributed by atoms with van der Waals surface area (Å²) in [6, 6.07) is -0.185. The first-order valence-electron chi connectivity index (χ1n) is 5.64. The standard InChI is InChI=1S/C11H24N2O3/c1-9(14)5-7-13(3)10(2)11(15)12-6-8-16-4/h9-10,14H,5-8H2,1-4H3,(H,12,15). The van der Waals surface area contributed by atoms with E-state index in [4.69, 9.17) is 9.84 Å². The summed E-state index contributed by atoms with van der Waals surface area (Å²) in [5.41, 5.74) is 0. The zero-order chi connectivity index (χ0) is 12.6. The van der Waals surface area contributed by atoms with Crippen molar-refractivity contribution in [3.63, 3.8) is 0 Å². The number of nitrogens with one attached hydrogen (secondary N) is 1. The van der Waals surface area contributed by atoms with E-state index in [0.717, 1.165) is 0 Å². The summed E-state index contributed by atoms with van der Waals surface area (Å²) in [7, 11) is 3.48. The minimum atomic E-state index is -0.328. The second-order valence-corrected chi connectivity index (χ2v) is 4.08. The maximum absolute atomic E-state index is 11.6. The van der Waals surface area contributed by atoms with Crippen molar-refractivity contribution in [1.29, 1.82) is 0 Å². The molecule has 0 aromatic rings. The van der Waals surface area contributed by atoms with E-state index in [9.17, 15) is 4.79 Å². The lowest BCUT2D eigenvalue weighted by atomic mass is 10.2. The van der Waals surface area contributed by atoms with Crippen molar-refractivity contribution in [1.82, 2.24) is 10.2 Å². The Bertz CT molecular complexity index is 198. The van der Waals surface area contributed by atoms with Gasteiger partial charge in [-0.05, 0) is 27.3 Å². The number of ether oxygens (including phenoxy) is 1. The maximum Gasteiger partial charge on any atom is 0.237 e. The first-order valence-corrected chi connectivity index (χ1v) is 5.64. The van der Waals surface area contributed by atoms with Crippen LogP contribution in [0.4, 0.5) is 0 Å². The molecule has 2 atom stereocenters. The molecule has 2 unspecified atom stereocenters. The Hall–Kier alpha value is -0.650. The predicted octanol–water partition coefficient (Wildman–Crippen LogP) is -0.160. The summed E-state index contributed by atoms with van der Waals surface area (Å²) >= 11 is 0. The van der Waals surface area contributed by atoms with Gasteiger partial charge in [-0.2, -0.15) is 0 Å². The topological polar surface area (TPSA) is 61.8 Å². The number of nitrogens with zero attached hydrogens (tertiary/aromatic N) is 1. The minimum absolute atomic E-state index is 0.00913. The molecule has 0 radical (unpaired) electrons. The fraction of sp³-hybridized carbons (Fsp3) is 0.909. The fourth-order valence-corrected chi connectivity index (χ4v) is 1.21. The highest BCUT2D eigenvalue weighted by Gasteiger charge is 2.17. The predicted molar refractivity (Wildman–Crippen MR) is 63.3 cm³/mol. The molecule has 0 aromatic carbocycles. The van der Waals surface area contributed by atoms with E-state index < -0.39 is 0 Å². The van der Waals surface area contributed by atoms with Gasteiger partial charge >= 0.3 is 0 Å². The molecule has 0 aliphatic carbocycles. The Labute approximate surface area is 97.8 Å². The molecule has 0 fully saturated rings. The number of carbonyl (C=O) groups excluding carboxylic acids is 1. The normalized spacial score (nSPS) is 14.9. The van der Waals surface area contributed by atoms with Gasteiger partial charge in [0, 0.05) is 20.2 Å². The van der Waals surface area contributed by atoms with Gasteiger partial charge in [0.05, 0.1) is 18.8 Å². The summed E-state index contributed by atoms with van der Waals surface area (Å²) in [6.45, 7) is 5.36. The molecule has 16 heavy (non-hydrogen) atoms. The van der Waals surface area contributed by atoms with Crippen LogP contribution in [0.15, 0.2) is 0 Å².